The lowest BCUT2D eigenvalue weighted by Crippen LogP contribution is -2.37. The third-order valence-corrected chi connectivity index (χ3v) is 2.97. The van der Waals surface area contributed by atoms with Crippen LogP contribution in [0.3, 0.4) is 0 Å². The zero-order chi connectivity index (χ0) is 15.0. The summed E-state index contributed by atoms with van der Waals surface area (Å²) >= 11 is 0. The van der Waals surface area contributed by atoms with Gasteiger partial charge in [0.1, 0.15) is 11.5 Å². The average molecular weight is 407 g/mol. The van der Waals surface area contributed by atoms with Gasteiger partial charge in [0.15, 0.2) is 5.96 Å². The first-order valence-electron chi connectivity index (χ1n) is 6.87. The van der Waals surface area contributed by atoms with Crippen LogP contribution >= 0.6 is 24.0 Å². The van der Waals surface area contributed by atoms with E-state index in [1.165, 1.54) is 0 Å². The second-order valence-electron chi connectivity index (χ2n) is 5.03. The predicted molar refractivity (Wildman–Crippen MR) is 97.7 cm³/mol. The smallest absolute Gasteiger partial charge is 0.191 e. The fourth-order valence-electron chi connectivity index (χ4n) is 1.71. The van der Waals surface area contributed by atoms with E-state index < -0.39 is 0 Å². The summed E-state index contributed by atoms with van der Waals surface area (Å²) in [5.41, 5.74) is 0.774. The molecule has 0 saturated carbocycles. The van der Waals surface area contributed by atoms with E-state index in [4.69, 9.17) is 4.74 Å². The number of nitrogens with one attached hydrogen (secondary N) is 2. The van der Waals surface area contributed by atoms with Crippen LogP contribution in [0.15, 0.2) is 23.2 Å². The fraction of sp³-hybridized carbons (Fsp3) is 0.533. The lowest BCUT2D eigenvalue weighted by atomic mass is 10.1. The molecule has 1 aromatic carbocycles. The Morgan fingerprint density at radius 2 is 2.05 bits per heavy atom. The lowest BCUT2D eigenvalue weighted by Gasteiger charge is -2.14. The molecule has 0 amide bonds. The lowest BCUT2D eigenvalue weighted by molar-refractivity contribution is 0.410. The Kier molecular flexibility index (Phi) is 9.94. The molecule has 0 aromatic heterocycles. The van der Waals surface area contributed by atoms with Crippen molar-refractivity contribution in [3.05, 3.63) is 23.8 Å². The van der Waals surface area contributed by atoms with Gasteiger partial charge in [0.25, 0.3) is 0 Å². The molecule has 5 nitrogen and oxygen atoms in total. The molecule has 1 aromatic rings. The summed E-state index contributed by atoms with van der Waals surface area (Å²) in [5, 5.41) is 16.2. The van der Waals surface area contributed by atoms with E-state index in [1.807, 2.05) is 6.07 Å². The van der Waals surface area contributed by atoms with Crippen LogP contribution in [0.2, 0.25) is 0 Å². The molecule has 1 rings (SSSR count). The third kappa shape index (κ3) is 7.40. The highest BCUT2D eigenvalue weighted by atomic mass is 127. The highest BCUT2D eigenvalue weighted by Gasteiger charge is 2.05. The molecule has 3 N–H and O–H groups in total. The summed E-state index contributed by atoms with van der Waals surface area (Å²) in [7, 11) is 3.34. The highest BCUT2D eigenvalue weighted by Crippen LogP contribution is 2.22. The second kappa shape index (κ2) is 10.5. The average Bonchev–Trinajstić information content (AvgIpc) is 2.43. The van der Waals surface area contributed by atoms with Crippen molar-refractivity contribution in [3.63, 3.8) is 0 Å². The van der Waals surface area contributed by atoms with Gasteiger partial charge in [0.05, 0.1) is 7.11 Å². The molecule has 120 valence electrons. The first-order chi connectivity index (χ1) is 9.56. The van der Waals surface area contributed by atoms with Gasteiger partial charge in [0.2, 0.25) is 0 Å². The Hall–Kier alpha value is -1.18. The molecular formula is C15H26IN3O2. The summed E-state index contributed by atoms with van der Waals surface area (Å²) < 4.78 is 5.15. The van der Waals surface area contributed by atoms with E-state index in [2.05, 4.69) is 29.5 Å². The van der Waals surface area contributed by atoms with Gasteiger partial charge in [0, 0.05) is 25.7 Å². The summed E-state index contributed by atoms with van der Waals surface area (Å²) in [6.45, 7) is 5.74. The standard InChI is InChI=1S/C15H25N3O2.HI/c1-11(2)7-8-17-15(16-3)18-10-12-9-13(20-4)5-6-14(12)19;/h5-6,9,11,19H,7-8,10H2,1-4H3,(H2,16,17,18);1H. The van der Waals surface area contributed by atoms with Gasteiger partial charge in [-0.1, -0.05) is 13.8 Å². The van der Waals surface area contributed by atoms with Crippen LogP contribution in [0.4, 0.5) is 0 Å². The maximum atomic E-state index is 9.81. The molecule has 6 heteroatoms. The summed E-state index contributed by atoms with van der Waals surface area (Å²) in [6.07, 6.45) is 1.09. The SMILES string of the molecule is CN=C(NCCC(C)C)NCc1cc(OC)ccc1O.I. The number of ether oxygens (including phenoxy) is 1. The van der Waals surface area contributed by atoms with Crippen molar-refractivity contribution in [2.75, 3.05) is 20.7 Å². The van der Waals surface area contributed by atoms with Crippen molar-refractivity contribution < 1.29 is 9.84 Å². The highest BCUT2D eigenvalue weighted by molar-refractivity contribution is 14.0. The molecule has 21 heavy (non-hydrogen) atoms. The van der Waals surface area contributed by atoms with E-state index in [9.17, 15) is 5.11 Å². The molecule has 0 heterocycles. The van der Waals surface area contributed by atoms with E-state index in [0.29, 0.717) is 12.5 Å². The normalized spacial score (nSPS) is 11.0. The molecule has 0 unspecified atom stereocenters. The topological polar surface area (TPSA) is 65.9 Å². The number of hydrogen-bond acceptors (Lipinski definition) is 3. The number of rotatable bonds is 6. The third-order valence-electron chi connectivity index (χ3n) is 2.97. The van der Waals surface area contributed by atoms with Crippen molar-refractivity contribution in [2.45, 2.75) is 26.8 Å². The van der Waals surface area contributed by atoms with Crippen LogP contribution in [-0.2, 0) is 6.54 Å². The Morgan fingerprint density at radius 1 is 1.33 bits per heavy atom. The molecule has 0 aliphatic rings. The van der Waals surface area contributed by atoms with Crippen LogP contribution in [0, 0.1) is 5.92 Å². The van der Waals surface area contributed by atoms with Gasteiger partial charge in [-0.2, -0.15) is 0 Å². The van der Waals surface area contributed by atoms with Crippen molar-refractivity contribution in [1.29, 1.82) is 0 Å². The molecule has 0 atom stereocenters. The molecule has 0 radical (unpaired) electrons. The minimum atomic E-state index is 0. The number of guanidine groups is 1. The van der Waals surface area contributed by atoms with Crippen molar-refractivity contribution in [3.8, 4) is 11.5 Å². The van der Waals surface area contributed by atoms with Crippen LogP contribution in [0.1, 0.15) is 25.8 Å². The van der Waals surface area contributed by atoms with E-state index in [1.54, 1.807) is 26.3 Å². The first kappa shape index (κ1) is 19.8. The number of nitrogens with zero attached hydrogens (tertiary/aromatic N) is 1. The molecule has 0 fully saturated rings. The van der Waals surface area contributed by atoms with Crippen LogP contribution < -0.4 is 15.4 Å². The molecule has 0 bridgehead atoms. The maximum Gasteiger partial charge on any atom is 0.191 e. The molecule has 0 aliphatic carbocycles. The predicted octanol–water partition coefficient (Wildman–Crippen LogP) is 2.73. The van der Waals surface area contributed by atoms with Crippen molar-refractivity contribution in [1.82, 2.24) is 10.6 Å². The number of hydrogen-bond donors (Lipinski definition) is 3. The minimum absolute atomic E-state index is 0. The minimum Gasteiger partial charge on any atom is -0.508 e. The zero-order valence-electron chi connectivity index (χ0n) is 13.1. The Bertz CT molecular complexity index is 451. The number of phenols is 1. The molecular weight excluding hydrogens is 381 g/mol. The number of phenolic OH excluding ortho intramolecular Hbond substituents is 1. The van der Waals surface area contributed by atoms with Crippen molar-refractivity contribution >= 4 is 29.9 Å². The second-order valence-corrected chi connectivity index (χ2v) is 5.03. The summed E-state index contributed by atoms with van der Waals surface area (Å²) in [4.78, 5) is 4.15. The van der Waals surface area contributed by atoms with E-state index in [-0.39, 0.29) is 29.7 Å². The number of aromatic hydroxyl groups is 1. The molecule has 0 spiro atoms. The van der Waals surface area contributed by atoms with Crippen LogP contribution in [-0.4, -0.2) is 31.8 Å². The molecule has 0 aliphatic heterocycles. The van der Waals surface area contributed by atoms with Gasteiger partial charge in [-0.05, 0) is 30.5 Å². The Labute approximate surface area is 144 Å². The van der Waals surface area contributed by atoms with Gasteiger partial charge in [-0.3, -0.25) is 4.99 Å². The van der Waals surface area contributed by atoms with Gasteiger partial charge < -0.3 is 20.5 Å². The van der Waals surface area contributed by atoms with E-state index in [0.717, 1.165) is 30.2 Å². The van der Waals surface area contributed by atoms with Gasteiger partial charge in [-0.25, -0.2) is 0 Å². The van der Waals surface area contributed by atoms with Crippen LogP contribution in [0.25, 0.3) is 0 Å². The largest absolute Gasteiger partial charge is 0.508 e. The number of halogens is 1. The summed E-state index contributed by atoms with van der Waals surface area (Å²) in [6, 6.07) is 5.17. The Morgan fingerprint density at radius 3 is 2.62 bits per heavy atom. The fourth-order valence-corrected chi connectivity index (χ4v) is 1.71. The van der Waals surface area contributed by atoms with E-state index >= 15 is 0 Å². The summed E-state index contributed by atoms with van der Waals surface area (Å²) in [5.74, 6) is 2.36. The van der Waals surface area contributed by atoms with Crippen molar-refractivity contribution in [2.24, 2.45) is 10.9 Å². The Balaban J connectivity index is 0.00000400. The number of methoxy groups -OCH3 is 1. The number of benzene rings is 1. The molecule has 0 saturated heterocycles. The van der Waals surface area contributed by atoms with Gasteiger partial charge >= 0.3 is 0 Å². The zero-order valence-corrected chi connectivity index (χ0v) is 15.5. The van der Waals surface area contributed by atoms with Crippen LogP contribution in [0.5, 0.6) is 11.5 Å². The van der Waals surface area contributed by atoms with Gasteiger partial charge in [-0.15, -0.1) is 24.0 Å². The quantitative estimate of drug-likeness (QED) is 0.386. The first-order valence-corrected chi connectivity index (χ1v) is 6.87. The maximum absolute atomic E-state index is 9.81. The number of aliphatic imine (C=N–C) groups is 1. The monoisotopic (exact) mass is 407 g/mol.